The summed E-state index contributed by atoms with van der Waals surface area (Å²) in [5, 5.41) is 0. The van der Waals surface area contributed by atoms with E-state index < -0.39 is 23.3 Å². The monoisotopic (exact) mass is 406 g/mol. The van der Waals surface area contributed by atoms with Gasteiger partial charge < -0.3 is 0 Å². The molecule has 0 saturated heterocycles. The largest absolute Gasteiger partial charge is 0.206 e. The molecular formula is C26H18F4. The van der Waals surface area contributed by atoms with Crippen LogP contribution in [0.3, 0.4) is 0 Å². The molecule has 0 atom stereocenters. The Bertz CT molecular complexity index is 1140. The smallest absolute Gasteiger partial charge is 0.159 e. The van der Waals surface area contributed by atoms with Crippen LogP contribution < -0.4 is 0 Å². The molecule has 0 bridgehead atoms. The Morgan fingerprint density at radius 2 is 0.967 bits per heavy atom. The van der Waals surface area contributed by atoms with Crippen molar-refractivity contribution in [2.45, 2.75) is 12.8 Å². The van der Waals surface area contributed by atoms with E-state index in [4.69, 9.17) is 0 Å². The third kappa shape index (κ3) is 4.28. The van der Waals surface area contributed by atoms with E-state index in [-0.39, 0.29) is 11.1 Å². The molecule has 0 aliphatic heterocycles. The normalized spacial score (nSPS) is 10.9. The van der Waals surface area contributed by atoms with Crippen molar-refractivity contribution in [3.05, 3.63) is 119 Å². The van der Waals surface area contributed by atoms with E-state index in [9.17, 15) is 17.6 Å². The maximum atomic E-state index is 14.6. The third-order valence-electron chi connectivity index (χ3n) is 5.08. The minimum absolute atomic E-state index is 0.0493. The minimum Gasteiger partial charge on any atom is -0.206 e. The Labute approximate surface area is 172 Å². The van der Waals surface area contributed by atoms with Gasteiger partial charge in [-0.1, -0.05) is 60.7 Å². The van der Waals surface area contributed by atoms with Gasteiger partial charge in [0, 0.05) is 0 Å². The van der Waals surface area contributed by atoms with Gasteiger partial charge in [-0.25, -0.2) is 17.6 Å². The van der Waals surface area contributed by atoms with Crippen molar-refractivity contribution in [2.24, 2.45) is 0 Å². The van der Waals surface area contributed by atoms with E-state index in [0.29, 0.717) is 11.1 Å². The first-order chi connectivity index (χ1) is 14.5. The highest BCUT2D eigenvalue weighted by molar-refractivity contribution is 5.72. The molecule has 0 radical (unpaired) electrons. The zero-order valence-electron chi connectivity index (χ0n) is 16.0. The van der Waals surface area contributed by atoms with E-state index in [0.717, 1.165) is 36.6 Å². The molecule has 4 aromatic carbocycles. The highest BCUT2D eigenvalue weighted by Gasteiger charge is 2.16. The second kappa shape index (κ2) is 8.54. The maximum absolute atomic E-state index is 14.6. The molecule has 0 nitrogen and oxygen atoms in total. The Kier molecular flexibility index (Phi) is 5.66. The van der Waals surface area contributed by atoms with Crippen molar-refractivity contribution in [3.8, 4) is 22.3 Å². The highest BCUT2D eigenvalue weighted by atomic mass is 19.2. The Hall–Kier alpha value is -3.40. The van der Waals surface area contributed by atoms with Crippen molar-refractivity contribution >= 4 is 0 Å². The van der Waals surface area contributed by atoms with Crippen molar-refractivity contribution in [2.75, 3.05) is 0 Å². The van der Waals surface area contributed by atoms with E-state index >= 15 is 0 Å². The summed E-state index contributed by atoms with van der Waals surface area (Å²) in [6.07, 6.45) is 1.77. The fourth-order valence-corrected chi connectivity index (χ4v) is 3.46. The minimum atomic E-state index is -1.15. The lowest BCUT2D eigenvalue weighted by molar-refractivity contribution is 0.508. The van der Waals surface area contributed by atoms with E-state index in [1.807, 2.05) is 42.5 Å². The van der Waals surface area contributed by atoms with Gasteiger partial charge in [0.2, 0.25) is 0 Å². The average molecular weight is 406 g/mol. The van der Waals surface area contributed by atoms with Crippen molar-refractivity contribution in [1.29, 1.82) is 0 Å². The van der Waals surface area contributed by atoms with Gasteiger partial charge in [-0.05, 0) is 64.9 Å². The first kappa shape index (κ1) is 19.9. The maximum Gasteiger partial charge on any atom is 0.159 e. The van der Waals surface area contributed by atoms with Crippen LogP contribution in [0.4, 0.5) is 17.6 Å². The fourth-order valence-electron chi connectivity index (χ4n) is 3.46. The summed E-state index contributed by atoms with van der Waals surface area (Å²) in [6.45, 7) is 0. The van der Waals surface area contributed by atoms with E-state index in [2.05, 4.69) is 12.1 Å². The highest BCUT2D eigenvalue weighted by Crippen LogP contribution is 2.32. The predicted molar refractivity (Wildman–Crippen MR) is 111 cm³/mol. The van der Waals surface area contributed by atoms with Crippen LogP contribution in [-0.2, 0) is 12.8 Å². The van der Waals surface area contributed by atoms with Gasteiger partial charge in [-0.15, -0.1) is 0 Å². The fraction of sp³-hybridized carbons (Fsp3) is 0.0769. The van der Waals surface area contributed by atoms with Crippen molar-refractivity contribution in [3.63, 3.8) is 0 Å². The molecule has 0 spiro atoms. The molecular weight excluding hydrogens is 388 g/mol. The number of halogens is 4. The number of rotatable bonds is 5. The lowest BCUT2D eigenvalue weighted by Gasteiger charge is -2.10. The van der Waals surface area contributed by atoms with Crippen LogP contribution in [0.5, 0.6) is 0 Å². The lowest BCUT2D eigenvalue weighted by Crippen LogP contribution is -1.95. The summed E-state index contributed by atoms with van der Waals surface area (Å²) in [7, 11) is 0. The molecule has 4 aromatic rings. The Balaban J connectivity index is 1.56. The quantitative estimate of drug-likeness (QED) is 0.304. The van der Waals surface area contributed by atoms with Gasteiger partial charge in [0.25, 0.3) is 0 Å². The molecule has 0 heterocycles. The molecule has 0 unspecified atom stereocenters. The summed E-state index contributed by atoms with van der Waals surface area (Å²) in [5.74, 6) is -3.88. The number of hydrogen-bond acceptors (Lipinski definition) is 0. The van der Waals surface area contributed by atoms with Crippen LogP contribution in [0.25, 0.3) is 22.3 Å². The summed E-state index contributed by atoms with van der Waals surface area (Å²) in [5.41, 5.74) is 3.00. The second-order valence-corrected chi connectivity index (χ2v) is 7.13. The van der Waals surface area contributed by atoms with Gasteiger partial charge >= 0.3 is 0 Å². The lowest BCUT2D eigenvalue weighted by atomic mass is 9.97. The molecule has 0 N–H and O–H groups in total. The molecule has 4 heteroatoms. The molecule has 0 amide bonds. The standard InChI is InChI=1S/C26H18F4/c27-22-13-12-20(14-23(22)28)26-24(29)15-21(16-25(26)30)19-10-8-18(9-11-19)7-6-17-4-2-1-3-5-17/h1-5,8-16H,6-7H2. The van der Waals surface area contributed by atoms with E-state index in [1.54, 1.807) is 0 Å². The molecule has 0 aliphatic carbocycles. The number of benzene rings is 4. The van der Waals surface area contributed by atoms with Gasteiger partial charge in [-0.2, -0.15) is 0 Å². The van der Waals surface area contributed by atoms with Gasteiger partial charge in [0.1, 0.15) is 11.6 Å². The summed E-state index contributed by atoms with van der Waals surface area (Å²) < 4.78 is 55.9. The molecule has 0 aromatic heterocycles. The van der Waals surface area contributed by atoms with Crippen molar-refractivity contribution in [1.82, 2.24) is 0 Å². The SMILES string of the molecule is Fc1ccc(-c2c(F)cc(-c3ccc(CCc4ccccc4)cc3)cc2F)cc1F. The summed E-state index contributed by atoms with van der Waals surface area (Å²) in [6, 6.07) is 22.9. The zero-order chi connectivity index (χ0) is 21.1. The first-order valence-corrected chi connectivity index (χ1v) is 9.59. The van der Waals surface area contributed by atoms with Gasteiger partial charge in [0.15, 0.2) is 11.6 Å². The molecule has 30 heavy (non-hydrogen) atoms. The molecule has 0 saturated carbocycles. The van der Waals surface area contributed by atoms with E-state index in [1.165, 1.54) is 17.7 Å². The Morgan fingerprint density at radius 3 is 1.57 bits per heavy atom. The number of aryl methyl sites for hydroxylation is 2. The summed E-state index contributed by atoms with van der Waals surface area (Å²) in [4.78, 5) is 0. The van der Waals surface area contributed by atoms with Crippen LogP contribution in [0, 0.1) is 23.3 Å². The topological polar surface area (TPSA) is 0 Å². The number of hydrogen-bond donors (Lipinski definition) is 0. The van der Waals surface area contributed by atoms with Crippen LogP contribution in [-0.4, -0.2) is 0 Å². The van der Waals surface area contributed by atoms with Gasteiger partial charge in [-0.3, -0.25) is 0 Å². The average Bonchev–Trinajstić information content (AvgIpc) is 2.75. The van der Waals surface area contributed by atoms with Crippen LogP contribution in [0.2, 0.25) is 0 Å². The van der Waals surface area contributed by atoms with Crippen molar-refractivity contribution < 1.29 is 17.6 Å². The molecule has 0 aliphatic rings. The molecule has 150 valence electrons. The second-order valence-electron chi connectivity index (χ2n) is 7.13. The van der Waals surface area contributed by atoms with Crippen LogP contribution in [0.15, 0.2) is 84.9 Å². The van der Waals surface area contributed by atoms with Crippen LogP contribution >= 0.6 is 0 Å². The zero-order valence-corrected chi connectivity index (χ0v) is 16.0. The summed E-state index contributed by atoms with van der Waals surface area (Å²) >= 11 is 0. The van der Waals surface area contributed by atoms with Crippen LogP contribution in [0.1, 0.15) is 11.1 Å². The molecule has 4 rings (SSSR count). The molecule has 0 fully saturated rings. The predicted octanol–water partition coefficient (Wildman–Crippen LogP) is 7.36. The van der Waals surface area contributed by atoms with Gasteiger partial charge in [0.05, 0.1) is 5.56 Å². The third-order valence-corrected chi connectivity index (χ3v) is 5.08. The Morgan fingerprint density at radius 1 is 0.433 bits per heavy atom. The first-order valence-electron chi connectivity index (χ1n) is 9.59.